The highest BCUT2D eigenvalue weighted by atomic mass is 16.5. The molecule has 2 aliphatic rings. The van der Waals surface area contributed by atoms with Crippen LogP contribution in [-0.4, -0.2) is 40.5 Å². The Morgan fingerprint density at radius 1 is 1.28 bits per heavy atom. The number of nitriles is 1. The average Bonchev–Trinajstić information content (AvgIpc) is 3.41. The van der Waals surface area contributed by atoms with E-state index >= 15 is 0 Å². The van der Waals surface area contributed by atoms with E-state index < -0.39 is 0 Å². The zero-order chi connectivity index (χ0) is 22.2. The molecule has 0 amide bonds. The van der Waals surface area contributed by atoms with Crippen molar-refractivity contribution < 1.29 is 14.1 Å². The van der Waals surface area contributed by atoms with Crippen molar-refractivity contribution in [2.45, 2.75) is 38.8 Å². The number of benzene rings is 2. The van der Waals surface area contributed by atoms with Crippen molar-refractivity contribution in [1.29, 1.82) is 5.26 Å². The Bertz CT molecular complexity index is 1200. The summed E-state index contributed by atoms with van der Waals surface area (Å²) in [6, 6.07) is 14.1. The molecule has 0 radical (unpaired) electrons. The van der Waals surface area contributed by atoms with Gasteiger partial charge in [-0.05, 0) is 56.0 Å². The van der Waals surface area contributed by atoms with Gasteiger partial charge in [0.15, 0.2) is 0 Å². The Kier molecular flexibility index (Phi) is 5.24. The minimum atomic E-state index is -0.0208. The highest BCUT2D eigenvalue weighted by Crippen LogP contribution is 2.42. The molecule has 1 atom stereocenters. The smallest absolute Gasteiger partial charge is 0.258 e. The predicted octanol–water partition coefficient (Wildman–Crippen LogP) is 4.18. The van der Waals surface area contributed by atoms with Crippen LogP contribution in [0.5, 0.6) is 5.75 Å². The van der Waals surface area contributed by atoms with Crippen LogP contribution in [0.2, 0.25) is 0 Å². The lowest BCUT2D eigenvalue weighted by Crippen LogP contribution is -2.48. The molecular formula is C25H24N4O3. The van der Waals surface area contributed by atoms with E-state index in [0.717, 1.165) is 37.8 Å². The molecule has 1 aliphatic carbocycles. The van der Waals surface area contributed by atoms with Gasteiger partial charge < -0.3 is 14.1 Å². The van der Waals surface area contributed by atoms with Gasteiger partial charge in [0.1, 0.15) is 18.1 Å². The van der Waals surface area contributed by atoms with E-state index in [9.17, 15) is 10.1 Å². The number of carbonyl (C=O) groups excluding carboxylic acids is 1. The maximum Gasteiger partial charge on any atom is 0.258 e. The molecule has 1 unspecified atom stereocenters. The minimum Gasteiger partial charge on any atom is -0.490 e. The lowest BCUT2D eigenvalue weighted by atomic mass is 9.95. The standard InChI is InChI=1S/C25H24N4O3/c1-15(2)31-23-9-6-17(10-18(23)11-26)25-27-24(28-32-25)21-5-3-4-20-19(21)7-8-22(20)29-12-16(13-29)14-30/h3-6,9-10,14-16,22H,7-8,12-13H2,1-2H3. The fraction of sp³-hybridized carbons (Fsp3) is 0.360. The van der Waals surface area contributed by atoms with Crippen LogP contribution in [0.1, 0.15) is 43.0 Å². The Hall–Kier alpha value is -3.50. The van der Waals surface area contributed by atoms with E-state index in [4.69, 9.17) is 9.26 Å². The fourth-order valence-corrected chi connectivity index (χ4v) is 4.67. The number of ether oxygens (including phenoxy) is 1. The summed E-state index contributed by atoms with van der Waals surface area (Å²) in [5.41, 5.74) is 4.63. The van der Waals surface area contributed by atoms with Crippen LogP contribution in [0.3, 0.4) is 0 Å². The molecule has 0 N–H and O–H groups in total. The van der Waals surface area contributed by atoms with Crippen LogP contribution in [0.15, 0.2) is 40.9 Å². The summed E-state index contributed by atoms with van der Waals surface area (Å²) < 4.78 is 11.3. The molecule has 0 spiro atoms. The van der Waals surface area contributed by atoms with E-state index in [0.29, 0.717) is 34.6 Å². The molecule has 5 rings (SSSR count). The van der Waals surface area contributed by atoms with E-state index in [-0.39, 0.29) is 12.0 Å². The van der Waals surface area contributed by atoms with Gasteiger partial charge in [0, 0.05) is 36.2 Å². The molecule has 3 aromatic rings. The first kappa shape index (κ1) is 20.4. The highest BCUT2D eigenvalue weighted by Gasteiger charge is 2.37. The number of aromatic nitrogens is 2. The van der Waals surface area contributed by atoms with Gasteiger partial charge in [-0.3, -0.25) is 4.90 Å². The van der Waals surface area contributed by atoms with Gasteiger partial charge in [0.05, 0.1) is 11.7 Å². The minimum absolute atomic E-state index is 0.0208. The van der Waals surface area contributed by atoms with Crippen LogP contribution in [0.4, 0.5) is 0 Å². The van der Waals surface area contributed by atoms with Crippen molar-refractivity contribution in [2.75, 3.05) is 13.1 Å². The fourth-order valence-electron chi connectivity index (χ4n) is 4.67. The summed E-state index contributed by atoms with van der Waals surface area (Å²) in [4.78, 5) is 18.0. The quantitative estimate of drug-likeness (QED) is 0.544. The second kappa shape index (κ2) is 8.21. The lowest BCUT2D eigenvalue weighted by molar-refractivity contribution is -0.116. The second-order valence-corrected chi connectivity index (χ2v) is 8.69. The largest absolute Gasteiger partial charge is 0.490 e. The molecule has 2 heterocycles. The normalized spacial score (nSPS) is 18.2. The highest BCUT2D eigenvalue weighted by molar-refractivity contribution is 5.67. The third kappa shape index (κ3) is 3.57. The van der Waals surface area contributed by atoms with Gasteiger partial charge in [-0.15, -0.1) is 0 Å². The summed E-state index contributed by atoms with van der Waals surface area (Å²) >= 11 is 0. The van der Waals surface area contributed by atoms with Crippen molar-refractivity contribution in [3.63, 3.8) is 0 Å². The summed E-state index contributed by atoms with van der Waals surface area (Å²) in [5, 5.41) is 13.7. The Balaban J connectivity index is 1.42. The molecule has 0 bridgehead atoms. The van der Waals surface area contributed by atoms with Gasteiger partial charge >= 0.3 is 0 Å². The lowest BCUT2D eigenvalue weighted by Gasteiger charge is -2.41. The molecule has 1 fully saturated rings. The molecule has 1 aliphatic heterocycles. The zero-order valence-corrected chi connectivity index (χ0v) is 18.1. The number of likely N-dealkylation sites (tertiary alicyclic amines) is 1. The van der Waals surface area contributed by atoms with E-state index in [1.54, 1.807) is 12.1 Å². The average molecular weight is 428 g/mol. The first-order valence-corrected chi connectivity index (χ1v) is 10.9. The van der Waals surface area contributed by atoms with Crippen LogP contribution < -0.4 is 4.74 Å². The number of carbonyl (C=O) groups is 1. The summed E-state index contributed by atoms with van der Waals surface area (Å²) in [6.45, 7) is 5.51. The molecule has 7 nitrogen and oxygen atoms in total. The number of fused-ring (bicyclic) bond motifs is 1. The van der Waals surface area contributed by atoms with Crippen LogP contribution in [-0.2, 0) is 11.2 Å². The molecule has 2 aromatic carbocycles. The maximum atomic E-state index is 11.0. The van der Waals surface area contributed by atoms with E-state index in [1.165, 1.54) is 11.1 Å². The molecule has 0 saturated carbocycles. The van der Waals surface area contributed by atoms with Gasteiger partial charge in [-0.25, -0.2) is 0 Å². The van der Waals surface area contributed by atoms with Crippen LogP contribution >= 0.6 is 0 Å². The molecule has 1 saturated heterocycles. The van der Waals surface area contributed by atoms with Gasteiger partial charge in [-0.2, -0.15) is 10.2 Å². The van der Waals surface area contributed by atoms with Crippen LogP contribution in [0.25, 0.3) is 22.8 Å². The van der Waals surface area contributed by atoms with Crippen molar-refractivity contribution in [3.05, 3.63) is 53.1 Å². The van der Waals surface area contributed by atoms with Gasteiger partial charge in [0.2, 0.25) is 5.82 Å². The Morgan fingerprint density at radius 3 is 2.88 bits per heavy atom. The topological polar surface area (TPSA) is 92.2 Å². The Labute approximate surface area is 186 Å². The second-order valence-electron chi connectivity index (χ2n) is 8.69. The monoisotopic (exact) mass is 428 g/mol. The van der Waals surface area contributed by atoms with Gasteiger partial charge in [-0.1, -0.05) is 23.4 Å². The van der Waals surface area contributed by atoms with Crippen molar-refractivity contribution in [1.82, 2.24) is 15.0 Å². The zero-order valence-electron chi connectivity index (χ0n) is 18.1. The molecule has 1 aromatic heterocycles. The maximum absolute atomic E-state index is 11.0. The van der Waals surface area contributed by atoms with Crippen molar-refractivity contribution in [2.24, 2.45) is 5.92 Å². The molecule has 7 heteroatoms. The SMILES string of the molecule is CC(C)Oc1ccc(-c2nc(-c3cccc4c3CCC4N3CC(C=O)C3)no2)cc1C#N. The number of nitrogens with zero attached hydrogens (tertiary/aromatic N) is 4. The third-order valence-corrected chi connectivity index (χ3v) is 6.19. The number of aldehydes is 1. The van der Waals surface area contributed by atoms with Crippen molar-refractivity contribution >= 4 is 6.29 Å². The number of rotatable bonds is 6. The molecule has 162 valence electrons. The van der Waals surface area contributed by atoms with Crippen molar-refractivity contribution in [3.8, 4) is 34.7 Å². The first-order chi connectivity index (χ1) is 15.6. The Morgan fingerprint density at radius 2 is 2.12 bits per heavy atom. The molecular weight excluding hydrogens is 404 g/mol. The summed E-state index contributed by atoms with van der Waals surface area (Å²) in [7, 11) is 0. The van der Waals surface area contributed by atoms with Gasteiger partial charge in [0.25, 0.3) is 5.89 Å². The van der Waals surface area contributed by atoms with Crippen LogP contribution in [0, 0.1) is 17.2 Å². The summed E-state index contributed by atoms with van der Waals surface area (Å²) in [5.74, 6) is 1.63. The molecule has 32 heavy (non-hydrogen) atoms. The predicted molar refractivity (Wildman–Crippen MR) is 118 cm³/mol. The summed E-state index contributed by atoms with van der Waals surface area (Å²) in [6.07, 6.45) is 3.02. The van der Waals surface area contributed by atoms with E-state index in [1.807, 2.05) is 32.0 Å². The third-order valence-electron chi connectivity index (χ3n) is 6.19. The number of hydrogen-bond acceptors (Lipinski definition) is 7. The number of hydrogen-bond donors (Lipinski definition) is 0. The van der Waals surface area contributed by atoms with E-state index in [2.05, 4.69) is 27.2 Å². The first-order valence-electron chi connectivity index (χ1n) is 10.9.